The molecule has 24 heavy (non-hydrogen) atoms. The lowest BCUT2D eigenvalue weighted by molar-refractivity contribution is -0.382. The van der Waals surface area contributed by atoms with E-state index in [1.807, 2.05) is 19.9 Å². The first-order valence-electron chi connectivity index (χ1n) is 7.22. The van der Waals surface area contributed by atoms with Gasteiger partial charge in [0.25, 0.3) is 0 Å². The van der Waals surface area contributed by atoms with E-state index >= 15 is 0 Å². The van der Waals surface area contributed by atoms with E-state index in [9.17, 15) is 10.1 Å². The molecule has 3 aromatic rings. The van der Waals surface area contributed by atoms with E-state index in [1.54, 1.807) is 18.2 Å². The van der Waals surface area contributed by atoms with Gasteiger partial charge in [-0.25, -0.2) is 4.63 Å². The average molecular weight is 348 g/mol. The summed E-state index contributed by atoms with van der Waals surface area (Å²) in [6, 6.07) is 6.91. The van der Waals surface area contributed by atoms with Crippen molar-refractivity contribution in [2.24, 2.45) is 0 Å². The minimum Gasteiger partial charge on any atom is -0.383 e. The van der Waals surface area contributed by atoms with E-state index in [0.29, 0.717) is 28.5 Å². The molecule has 0 bridgehead atoms. The number of hydrogen-bond acceptors (Lipinski definition) is 7. The van der Waals surface area contributed by atoms with Gasteiger partial charge in [0, 0.05) is 17.3 Å². The van der Waals surface area contributed by atoms with Crippen molar-refractivity contribution in [3.05, 3.63) is 45.0 Å². The number of aromatic nitrogens is 2. The summed E-state index contributed by atoms with van der Waals surface area (Å²) in [5, 5.41) is 25.7. The van der Waals surface area contributed by atoms with E-state index in [0.717, 1.165) is 5.56 Å². The molecule has 0 aliphatic rings. The van der Waals surface area contributed by atoms with Crippen LogP contribution < -0.4 is 10.6 Å². The molecule has 0 unspecified atom stereocenters. The Bertz CT molecular complexity index is 925. The first-order valence-corrected chi connectivity index (χ1v) is 7.59. The largest absolute Gasteiger partial charge is 0.383 e. The minimum absolute atomic E-state index is 0.0839. The van der Waals surface area contributed by atoms with Crippen LogP contribution in [0.15, 0.2) is 28.9 Å². The van der Waals surface area contributed by atoms with E-state index in [-0.39, 0.29) is 16.9 Å². The third-order valence-electron chi connectivity index (χ3n) is 3.53. The monoisotopic (exact) mass is 347 g/mol. The minimum atomic E-state index is -0.509. The highest BCUT2D eigenvalue weighted by atomic mass is 35.5. The number of nitro benzene ring substituents is 1. The summed E-state index contributed by atoms with van der Waals surface area (Å²) < 4.78 is 4.70. The number of fused-ring (bicyclic) bond motifs is 1. The molecule has 1 aromatic heterocycles. The van der Waals surface area contributed by atoms with E-state index in [4.69, 9.17) is 16.2 Å². The van der Waals surface area contributed by atoms with Crippen LogP contribution in [0.1, 0.15) is 12.5 Å². The molecule has 0 aliphatic carbocycles. The lowest BCUT2D eigenvalue weighted by Gasteiger charge is -2.12. The molecule has 3 rings (SSSR count). The van der Waals surface area contributed by atoms with Crippen LogP contribution in [0.4, 0.5) is 22.7 Å². The zero-order chi connectivity index (χ0) is 17.3. The van der Waals surface area contributed by atoms with E-state index < -0.39 is 4.92 Å². The van der Waals surface area contributed by atoms with Gasteiger partial charge in [-0.3, -0.25) is 10.1 Å². The van der Waals surface area contributed by atoms with Crippen molar-refractivity contribution < 1.29 is 9.55 Å². The molecular weight excluding hydrogens is 334 g/mol. The van der Waals surface area contributed by atoms with Crippen LogP contribution in [0.25, 0.3) is 11.0 Å². The highest BCUT2D eigenvalue weighted by Crippen LogP contribution is 2.39. The smallest absolute Gasteiger partial charge is 0.324 e. The van der Waals surface area contributed by atoms with Crippen molar-refractivity contribution >= 4 is 45.4 Å². The second-order valence-electron chi connectivity index (χ2n) is 5.15. The lowest BCUT2D eigenvalue weighted by Crippen LogP contribution is -2.03. The Balaban J connectivity index is 2.20. The first-order chi connectivity index (χ1) is 11.5. The summed E-state index contributed by atoms with van der Waals surface area (Å²) in [5.74, 6) is 0. The maximum Gasteiger partial charge on any atom is 0.324 e. The molecule has 9 heteroatoms. The summed E-state index contributed by atoms with van der Waals surface area (Å²) >= 11 is 6.02. The van der Waals surface area contributed by atoms with Crippen molar-refractivity contribution in [2.45, 2.75) is 13.8 Å². The van der Waals surface area contributed by atoms with Gasteiger partial charge in [-0.2, -0.15) is 0 Å². The van der Waals surface area contributed by atoms with E-state index in [2.05, 4.69) is 20.9 Å². The van der Waals surface area contributed by atoms with Crippen molar-refractivity contribution in [3.8, 4) is 0 Å². The standard InChI is InChI=1S/C15H14ClN5O3/c1-3-17-11-7-12(18-10-6-9(16)5-4-8(10)2)15(21(22)23)14-13(11)19-24-20-14/h4-7,17-18H,3H2,1-2H3. The second kappa shape index (κ2) is 6.32. The molecular formula is C15H14ClN5O3. The quantitative estimate of drug-likeness (QED) is 0.524. The summed E-state index contributed by atoms with van der Waals surface area (Å²) in [7, 11) is 0. The maximum atomic E-state index is 11.6. The summed E-state index contributed by atoms with van der Waals surface area (Å²) in [4.78, 5) is 11.0. The van der Waals surface area contributed by atoms with Crippen molar-refractivity contribution in [1.29, 1.82) is 0 Å². The normalized spacial score (nSPS) is 10.8. The highest BCUT2D eigenvalue weighted by molar-refractivity contribution is 6.30. The van der Waals surface area contributed by atoms with Gasteiger partial charge in [-0.1, -0.05) is 17.7 Å². The van der Waals surface area contributed by atoms with Gasteiger partial charge in [0.15, 0.2) is 5.52 Å². The fourth-order valence-corrected chi connectivity index (χ4v) is 2.58. The molecule has 0 saturated heterocycles. The summed E-state index contributed by atoms with van der Waals surface area (Å²) in [5.41, 5.74) is 2.65. The molecule has 0 fully saturated rings. The molecule has 0 atom stereocenters. The number of rotatable bonds is 5. The Hall–Kier alpha value is -2.87. The van der Waals surface area contributed by atoms with Gasteiger partial charge in [0.1, 0.15) is 5.69 Å². The van der Waals surface area contributed by atoms with Crippen LogP contribution in [0.2, 0.25) is 5.02 Å². The van der Waals surface area contributed by atoms with Gasteiger partial charge in [0.05, 0.1) is 10.6 Å². The molecule has 124 valence electrons. The number of anilines is 3. The molecule has 0 radical (unpaired) electrons. The van der Waals surface area contributed by atoms with Crippen LogP contribution in [-0.2, 0) is 0 Å². The molecule has 0 aliphatic heterocycles. The van der Waals surface area contributed by atoms with Gasteiger partial charge >= 0.3 is 5.69 Å². The molecule has 8 nitrogen and oxygen atoms in total. The Labute approximate surface area is 141 Å². The number of nitrogens with zero attached hydrogens (tertiary/aromatic N) is 3. The molecule has 1 heterocycles. The predicted molar refractivity (Wildman–Crippen MR) is 92.1 cm³/mol. The number of aryl methyl sites for hydroxylation is 1. The SMILES string of the molecule is CCNc1cc(Nc2cc(Cl)ccc2C)c([N+](=O)[O-])c2nonc12. The molecule has 2 N–H and O–H groups in total. The summed E-state index contributed by atoms with van der Waals surface area (Å²) in [6.07, 6.45) is 0. The molecule has 0 spiro atoms. The van der Waals surface area contributed by atoms with Gasteiger partial charge in [0.2, 0.25) is 5.52 Å². The van der Waals surface area contributed by atoms with Crippen LogP contribution in [-0.4, -0.2) is 21.8 Å². The van der Waals surface area contributed by atoms with Crippen molar-refractivity contribution in [1.82, 2.24) is 10.3 Å². The summed E-state index contributed by atoms with van der Waals surface area (Å²) in [6.45, 7) is 4.41. The first kappa shape index (κ1) is 16.0. The Morgan fingerprint density at radius 1 is 1.21 bits per heavy atom. The topological polar surface area (TPSA) is 106 Å². The second-order valence-corrected chi connectivity index (χ2v) is 5.59. The van der Waals surface area contributed by atoms with Gasteiger partial charge in [-0.15, -0.1) is 0 Å². The number of nitrogens with one attached hydrogen (secondary N) is 2. The Kier molecular flexibility index (Phi) is 4.22. The fraction of sp³-hybridized carbons (Fsp3) is 0.200. The zero-order valence-electron chi connectivity index (χ0n) is 13.0. The average Bonchev–Trinajstić information content (AvgIpc) is 3.00. The number of hydrogen-bond donors (Lipinski definition) is 2. The van der Waals surface area contributed by atoms with Crippen LogP contribution in [0.3, 0.4) is 0 Å². The van der Waals surface area contributed by atoms with E-state index in [1.165, 1.54) is 0 Å². The molecule has 0 saturated carbocycles. The Morgan fingerprint density at radius 3 is 2.67 bits per heavy atom. The predicted octanol–water partition coefficient (Wildman–Crippen LogP) is 4.27. The third kappa shape index (κ3) is 2.83. The Morgan fingerprint density at radius 2 is 1.96 bits per heavy atom. The van der Waals surface area contributed by atoms with Crippen LogP contribution >= 0.6 is 11.6 Å². The lowest BCUT2D eigenvalue weighted by atomic mass is 10.1. The van der Waals surface area contributed by atoms with Gasteiger partial charge < -0.3 is 10.6 Å². The fourth-order valence-electron chi connectivity index (χ4n) is 2.41. The van der Waals surface area contributed by atoms with Crippen molar-refractivity contribution in [2.75, 3.05) is 17.2 Å². The van der Waals surface area contributed by atoms with Crippen LogP contribution in [0, 0.1) is 17.0 Å². The van der Waals surface area contributed by atoms with Crippen LogP contribution in [0.5, 0.6) is 0 Å². The maximum absolute atomic E-state index is 11.6. The number of halogens is 1. The number of benzene rings is 2. The zero-order valence-corrected chi connectivity index (χ0v) is 13.7. The third-order valence-corrected chi connectivity index (χ3v) is 3.77. The van der Waals surface area contributed by atoms with Gasteiger partial charge in [-0.05, 0) is 47.9 Å². The molecule has 2 aromatic carbocycles. The van der Waals surface area contributed by atoms with Crippen molar-refractivity contribution in [3.63, 3.8) is 0 Å². The highest BCUT2D eigenvalue weighted by Gasteiger charge is 2.26. The molecule has 0 amide bonds. The number of nitro groups is 1.